The second-order valence-corrected chi connectivity index (χ2v) is 8.77. The second kappa shape index (κ2) is 10.8. The first-order valence-electron chi connectivity index (χ1n) is 9.25. The van der Waals surface area contributed by atoms with Crippen molar-refractivity contribution in [1.29, 1.82) is 0 Å². The molecule has 1 atom stereocenters. The quantitative estimate of drug-likeness (QED) is 0.262. The molecule has 0 saturated heterocycles. The van der Waals surface area contributed by atoms with Crippen molar-refractivity contribution in [2.75, 3.05) is 0 Å². The molecule has 0 radical (unpaired) electrons. The van der Waals surface area contributed by atoms with Crippen molar-refractivity contribution in [3.8, 4) is 0 Å². The maximum absolute atomic E-state index is 4.03. The SMILES string of the molecule is C=C/C=C(\C=C)C(SSC(c1ccccc1)c1ccccc1)c1ccccc1. The van der Waals surface area contributed by atoms with Crippen LogP contribution in [0.15, 0.2) is 128 Å². The minimum absolute atomic E-state index is 0.191. The maximum atomic E-state index is 4.03. The first-order valence-corrected chi connectivity index (χ1v) is 11.5. The van der Waals surface area contributed by atoms with Crippen LogP contribution in [0, 0.1) is 0 Å². The van der Waals surface area contributed by atoms with E-state index in [1.54, 1.807) is 0 Å². The molecular formula is C26H24S2. The first kappa shape index (κ1) is 20.3. The van der Waals surface area contributed by atoms with Crippen LogP contribution in [0.1, 0.15) is 27.2 Å². The van der Waals surface area contributed by atoms with E-state index in [2.05, 4.69) is 110 Å². The minimum Gasteiger partial charge on any atom is -0.0991 e. The Morgan fingerprint density at radius 3 is 1.54 bits per heavy atom. The summed E-state index contributed by atoms with van der Waals surface area (Å²) in [4.78, 5) is 0. The molecule has 0 N–H and O–H groups in total. The van der Waals surface area contributed by atoms with Gasteiger partial charge in [0.1, 0.15) is 0 Å². The van der Waals surface area contributed by atoms with E-state index in [0.717, 1.165) is 0 Å². The molecular weight excluding hydrogens is 376 g/mol. The molecule has 0 bridgehead atoms. The Bertz CT molecular complexity index is 859. The Balaban J connectivity index is 1.91. The summed E-state index contributed by atoms with van der Waals surface area (Å²) in [6.07, 6.45) is 5.83. The molecule has 0 saturated carbocycles. The lowest BCUT2D eigenvalue weighted by Crippen LogP contribution is -1.99. The van der Waals surface area contributed by atoms with E-state index in [1.165, 1.54) is 22.3 Å². The van der Waals surface area contributed by atoms with E-state index in [-0.39, 0.29) is 10.5 Å². The van der Waals surface area contributed by atoms with E-state index >= 15 is 0 Å². The molecule has 0 aromatic heterocycles. The average Bonchev–Trinajstić information content (AvgIpc) is 2.77. The lowest BCUT2D eigenvalue weighted by molar-refractivity contribution is 1.16. The van der Waals surface area contributed by atoms with Gasteiger partial charge in [-0.05, 0) is 22.3 Å². The van der Waals surface area contributed by atoms with Crippen molar-refractivity contribution in [2.24, 2.45) is 0 Å². The molecule has 3 aromatic rings. The van der Waals surface area contributed by atoms with E-state index in [4.69, 9.17) is 0 Å². The monoisotopic (exact) mass is 400 g/mol. The van der Waals surface area contributed by atoms with Crippen LogP contribution in [-0.2, 0) is 0 Å². The lowest BCUT2D eigenvalue weighted by Gasteiger charge is -2.22. The fraction of sp³-hybridized carbons (Fsp3) is 0.0769. The van der Waals surface area contributed by atoms with Crippen molar-refractivity contribution in [1.82, 2.24) is 0 Å². The number of rotatable bonds is 9. The topological polar surface area (TPSA) is 0 Å². The highest BCUT2D eigenvalue weighted by atomic mass is 33.1. The lowest BCUT2D eigenvalue weighted by atomic mass is 10.0. The van der Waals surface area contributed by atoms with Crippen LogP contribution in [-0.4, -0.2) is 0 Å². The molecule has 0 nitrogen and oxygen atoms in total. The van der Waals surface area contributed by atoms with Gasteiger partial charge >= 0.3 is 0 Å². The number of hydrogen-bond donors (Lipinski definition) is 0. The average molecular weight is 401 g/mol. The van der Waals surface area contributed by atoms with Crippen LogP contribution >= 0.6 is 21.6 Å². The summed E-state index contributed by atoms with van der Waals surface area (Å²) in [5.41, 5.74) is 5.06. The third kappa shape index (κ3) is 5.31. The van der Waals surface area contributed by atoms with Crippen molar-refractivity contribution >= 4 is 21.6 Å². The fourth-order valence-electron chi connectivity index (χ4n) is 3.00. The summed E-state index contributed by atoms with van der Waals surface area (Å²) in [6, 6.07) is 32.0. The van der Waals surface area contributed by atoms with Gasteiger partial charge in [-0.3, -0.25) is 0 Å². The van der Waals surface area contributed by atoms with Gasteiger partial charge in [0.15, 0.2) is 0 Å². The van der Waals surface area contributed by atoms with Crippen molar-refractivity contribution in [3.63, 3.8) is 0 Å². The third-order valence-corrected chi connectivity index (χ3v) is 7.48. The number of allylic oxidation sites excluding steroid dienone is 3. The van der Waals surface area contributed by atoms with Crippen LogP contribution in [0.4, 0.5) is 0 Å². The summed E-state index contributed by atoms with van der Waals surface area (Å²) in [7, 11) is 3.77. The van der Waals surface area contributed by atoms with Gasteiger partial charge in [0, 0.05) is 0 Å². The molecule has 0 aliphatic carbocycles. The Labute approximate surface area is 176 Å². The van der Waals surface area contributed by atoms with E-state index in [1.807, 2.05) is 33.7 Å². The van der Waals surface area contributed by atoms with Crippen LogP contribution < -0.4 is 0 Å². The summed E-state index contributed by atoms with van der Waals surface area (Å²) < 4.78 is 0. The zero-order valence-corrected chi connectivity index (χ0v) is 17.4. The van der Waals surface area contributed by atoms with Gasteiger partial charge in [-0.15, -0.1) is 0 Å². The second-order valence-electron chi connectivity index (χ2n) is 6.29. The number of hydrogen-bond acceptors (Lipinski definition) is 2. The van der Waals surface area contributed by atoms with Crippen LogP contribution in [0.2, 0.25) is 0 Å². The zero-order chi connectivity index (χ0) is 19.6. The summed E-state index contributed by atoms with van der Waals surface area (Å²) in [5.74, 6) is 0. The fourth-order valence-corrected chi connectivity index (χ4v) is 6.31. The van der Waals surface area contributed by atoms with Gasteiger partial charge in [0.25, 0.3) is 0 Å². The molecule has 0 amide bonds. The minimum atomic E-state index is 0.191. The van der Waals surface area contributed by atoms with Gasteiger partial charge in [-0.25, -0.2) is 0 Å². The Hall–Kier alpha value is -2.42. The Kier molecular flexibility index (Phi) is 7.83. The van der Waals surface area contributed by atoms with E-state index in [9.17, 15) is 0 Å². The standard InChI is InChI=1S/C26H24S2/c1-3-14-21(4-2)25(22-15-8-5-9-16-22)27-28-26(23-17-10-6-11-18-23)24-19-12-7-13-20-24/h3-20,25-26H,1-2H2/b21-14+. The highest BCUT2D eigenvalue weighted by Gasteiger charge is 2.21. The largest absolute Gasteiger partial charge is 0.0991 e. The molecule has 2 heteroatoms. The summed E-state index contributed by atoms with van der Waals surface area (Å²) >= 11 is 0. The first-order chi connectivity index (χ1) is 13.8. The van der Waals surface area contributed by atoms with Gasteiger partial charge in [-0.2, -0.15) is 0 Å². The van der Waals surface area contributed by atoms with Crippen molar-refractivity contribution in [3.05, 3.63) is 145 Å². The molecule has 3 aromatic carbocycles. The maximum Gasteiger partial charge on any atom is 0.0650 e. The normalized spacial score (nSPS) is 12.5. The highest BCUT2D eigenvalue weighted by molar-refractivity contribution is 8.76. The van der Waals surface area contributed by atoms with Crippen molar-refractivity contribution < 1.29 is 0 Å². The molecule has 3 rings (SSSR count). The van der Waals surface area contributed by atoms with Crippen molar-refractivity contribution in [2.45, 2.75) is 10.5 Å². The molecule has 0 fully saturated rings. The third-order valence-electron chi connectivity index (χ3n) is 4.40. The van der Waals surface area contributed by atoms with E-state index < -0.39 is 0 Å². The molecule has 0 heterocycles. The van der Waals surface area contributed by atoms with Gasteiger partial charge in [0.05, 0.1) is 10.5 Å². The zero-order valence-electron chi connectivity index (χ0n) is 15.8. The molecule has 0 spiro atoms. The predicted octanol–water partition coefficient (Wildman–Crippen LogP) is 8.20. The Morgan fingerprint density at radius 2 is 1.11 bits per heavy atom. The van der Waals surface area contributed by atoms with E-state index in [0.29, 0.717) is 0 Å². The Morgan fingerprint density at radius 1 is 0.643 bits per heavy atom. The molecule has 0 aliphatic rings. The highest BCUT2D eigenvalue weighted by Crippen LogP contribution is 2.51. The summed E-state index contributed by atoms with van der Waals surface area (Å²) in [6.45, 7) is 7.91. The molecule has 28 heavy (non-hydrogen) atoms. The van der Waals surface area contributed by atoms with Crippen LogP contribution in [0.25, 0.3) is 0 Å². The smallest absolute Gasteiger partial charge is 0.0650 e. The molecule has 0 aliphatic heterocycles. The summed E-state index contributed by atoms with van der Waals surface area (Å²) in [5, 5.41) is 0.449. The van der Waals surface area contributed by atoms with Crippen LogP contribution in [0.5, 0.6) is 0 Å². The molecule has 1 unspecified atom stereocenters. The predicted molar refractivity (Wildman–Crippen MR) is 128 cm³/mol. The van der Waals surface area contributed by atoms with Gasteiger partial charge in [-0.1, -0.05) is 144 Å². The number of benzene rings is 3. The van der Waals surface area contributed by atoms with Gasteiger partial charge < -0.3 is 0 Å². The van der Waals surface area contributed by atoms with Crippen LogP contribution in [0.3, 0.4) is 0 Å². The van der Waals surface area contributed by atoms with Gasteiger partial charge in [0.2, 0.25) is 0 Å². The molecule has 140 valence electrons.